The quantitative estimate of drug-likeness (QED) is 0.811. The van der Waals surface area contributed by atoms with Gasteiger partial charge in [-0.1, -0.05) is 34.1 Å². The Morgan fingerprint density at radius 2 is 2.17 bits per heavy atom. The number of rotatable bonds is 2. The zero-order valence-electron chi connectivity index (χ0n) is 7.05. The highest BCUT2D eigenvalue weighted by atomic mass is 79.9. The summed E-state index contributed by atoms with van der Waals surface area (Å²) in [6.45, 7) is 2.51. The normalized spacial score (nSPS) is 13.0. The van der Waals surface area contributed by atoms with E-state index in [0.29, 0.717) is 6.54 Å². The first-order chi connectivity index (χ1) is 5.66. The molecule has 0 aliphatic heterocycles. The molecule has 0 heterocycles. The van der Waals surface area contributed by atoms with Crippen LogP contribution in [0.2, 0.25) is 0 Å². The van der Waals surface area contributed by atoms with Crippen LogP contribution in [0.3, 0.4) is 0 Å². The Morgan fingerprint density at radius 1 is 1.50 bits per heavy atom. The first kappa shape index (κ1) is 9.71. The molecule has 0 bridgehead atoms. The van der Waals surface area contributed by atoms with Crippen molar-refractivity contribution < 1.29 is 0 Å². The van der Waals surface area contributed by atoms with Crippen molar-refractivity contribution in [1.82, 2.24) is 0 Å². The smallest absolute Gasteiger partial charge is 0.0430 e. The van der Waals surface area contributed by atoms with E-state index >= 15 is 0 Å². The molecule has 0 aliphatic carbocycles. The lowest BCUT2D eigenvalue weighted by atomic mass is 10.1. The largest absolute Gasteiger partial charge is 0.329 e. The lowest BCUT2D eigenvalue weighted by molar-refractivity contribution is 0.732. The van der Waals surface area contributed by atoms with Gasteiger partial charge in [0.1, 0.15) is 0 Å². The molecule has 1 atom stereocenters. The van der Waals surface area contributed by atoms with Crippen molar-refractivity contribution in [2.24, 2.45) is 11.5 Å². The summed E-state index contributed by atoms with van der Waals surface area (Å²) in [4.78, 5) is 0. The highest BCUT2D eigenvalue weighted by molar-refractivity contribution is 9.10. The van der Waals surface area contributed by atoms with Crippen LogP contribution in [0.25, 0.3) is 0 Å². The summed E-state index contributed by atoms with van der Waals surface area (Å²) in [6.07, 6.45) is 0. The summed E-state index contributed by atoms with van der Waals surface area (Å²) in [6, 6.07) is 5.95. The number of hydrogen-bond acceptors (Lipinski definition) is 2. The lowest BCUT2D eigenvalue weighted by Gasteiger charge is -2.12. The molecule has 1 aromatic rings. The van der Waals surface area contributed by atoms with E-state index in [1.165, 1.54) is 5.56 Å². The third kappa shape index (κ3) is 1.86. The number of aryl methyl sites for hydroxylation is 1. The molecule has 0 saturated carbocycles. The summed E-state index contributed by atoms with van der Waals surface area (Å²) in [7, 11) is 0. The van der Waals surface area contributed by atoms with Gasteiger partial charge in [0.15, 0.2) is 0 Å². The van der Waals surface area contributed by atoms with E-state index in [9.17, 15) is 0 Å². The Bertz CT molecular complexity index is 273. The molecule has 1 aromatic carbocycles. The standard InChI is InChI=1S/C9H13BrN2/c1-6-3-2-4-7(9(6)10)8(12)5-11/h2-4,8H,5,11-12H2,1H3. The van der Waals surface area contributed by atoms with Crippen LogP contribution in [0.1, 0.15) is 17.2 Å². The Morgan fingerprint density at radius 3 is 2.75 bits per heavy atom. The molecule has 1 rings (SSSR count). The van der Waals surface area contributed by atoms with Gasteiger partial charge >= 0.3 is 0 Å². The first-order valence-electron chi connectivity index (χ1n) is 3.87. The monoisotopic (exact) mass is 228 g/mol. The summed E-state index contributed by atoms with van der Waals surface area (Å²) >= 11 is 3.49. The minimum absolute atomic E-state index is 0.0701. The van der Waals surface area contributed by atoms with Gasteiger partial charge in [0.05, 0.1) is 0 Å². The van der Waals surface area contributed by atoms with Crippen LogP contribution < -0.4 is 11.5 Å². The second-order valence-corrected chi connectivity index (χ2v) is 3.61. The molecule has 0 saturated heterocycles. The van der Waals surface area contributed by atoms with Crippen LogP contribution in [0, 0.1) is 6.92 Å². The van der Waals surface area contributed by atoms with Crippen molar-refractivity contribution in [3.05, 3.63) is 33.8 Å². The molecule has 0 radical (unpaired) electrons. The van der Waals surface area contributed by atoms with Crippen molar-refractivity contribution in [3.63, 3.8) is 0 Å². The van der Waals surface area contributed by atoms with Crippen LogP contribution in [-0.2, 0) is 0 Å². The Kier molecular flexibility index (Phi) is 3.26. The van der Waals surface area contributed by atoms with Gasteiger partial charge in [0.2, 0.25) is 0 Å². The molecule has 1 unspecified atom stereocenters. The average molecular weight is 229 g/mol. The number of hydrogen-bond donors (Lipinski definition) is 2. The molecule has 4 N–H and O–H groups in total. The van der Waals surface area contributed by atoms with Crippen molar-refractivity contribution >= 4 is 15.9 Å². The van der Waals surface area contributed by atoms with E-state index in [2.05, 4.69) is 15.9 Å². The summed E-state index contributed by atoms with van der Waals surface area (Å²) in [5, 5.41) is 0. The fraction of sp³-hybridized carbons (Fsp3) is 0.333. The summed E-state index contributed by atoms with van der Waals surface area (Å²) in [5.74, 6) is 0. The molecular weight excluding hydrogens is 216 g/mol. The summed E-state index contributed by atoms with van der Waals surface area (Å²) < 4.78 is 1.07. The minimum atomic E-state index is -0.0701. The third-order valence-corrected chi connectivity index (χ3v) is 2.96. The summed E-state index contributed by atoms with van der Waals surface area (Å²) in [5.41, 5.74) is 13.6. The fourth-order valence-corrected chi connectivity index (χ4v) is 1.64. The molecule has 3 heteroatoms. The lowest BCUT2D eigenvalue weighted by Crippen LogP contribution is -2.21. The zero-order chi connectivity index (χ0) is 9.14. The van der Waals surface area contributed by atoms with E-state index in [-0.39, 0.29) is 6.04 Å². The van der Waals surface area contributed by atoms with E-state index in [0.717, 1.165) is 10.0 Å². The number of halogens is 1. The van der Waals surface area contributed by atoms with Gasteiger partial charge in [0.25, 0.3) is 0 Å². The van der Waals surface area contributed by atoms with E-state index < -0.39 is 0 Å². The van der Waals surface area contributed by atoms with E-state index in [4.69, 9.17) is 11.5 Å². The van der Waals surface area contributed by atoms with Crippen molar-refractivity contribution in [1.29, 1.82) is 0 Å². The van der Waals surface area contributed by atoms with Gasteiger partial charge in [-0.15, -0.1) is 0 Å². The SMILES string of the molecule is Cc1cccc(C(N)CN)c1Br. The maximum atomic E-state index is 5.81. The van der Waals surface area contributed by atoms with Crippen LogP contribution in [0.4, 0.5) is 0 Å². The molecular formula is C9H13BrN2. The van der Waals surface area contributed by atoms with E-state index in [1.807, 2.05) is 25.1 Å². The zero-order valence-corrected chi connectivity index (χ0v) is 8.64. The first-order valence-corrected chi connectivity index (χ1v) is 4.66. The molecule has 0 aromatic heterocycles. The molecule has 0 aliphatic rings. The molecule has 12 heavy (non-hydrogen) atoms. The highest BCUT2D eigenvalue weighted by Gasteiger charge is 2.08. The number of nitrogens with two attached hydrogens (primary N) is 2. The predicted octanol–water partition coefficient (Wildman–Crippen LogP) is 1.72. The van der Waals surface area contributed by atoms with Gasteiger partial charge < -0.3 is 11.5 Å². The topological polar surface area (TPSA) is 52.0 Å². The Balaban J connectivity index is 3.07. The number of benzene rings is 1. The molecule has 66 valence electrons. The maximum absolute atomic E-state index is 5.81. The van der Waals surface area contributed by atoms with Crippen LogP contribution in [0.15, 0.2) is 22.7 Å². The Labute approximate surface area is 81.1 Å². The highest BCUT2D eigenvalue weighted by Crippen LogP contribution is 2.24. The Hall–Kier alpha value is -0.380. The van der Waals surface area contributed by atoms with Crippen LogP contribution in [-0.4, -0.2) is 6.54 Å². The van der Waals surface area contributed by atoms with Crippen LogP contribution in [0.5, 0.6) is 0 Å². The van der Waals surface area contributed by atoms with Crippen LogP contribution >= 0.6 is 15.9 Å². The second-order valence-electron chi connectivity index (χ2n) is 2.82. The van der Waals surface area contributed by atoms with Gasteiger partial charge in [-0.25, -0.2) is 0 Å². The van der Waals surface area contributed by atoms with Crippen molar-refractivity contribution in [2.75, 3.05) is 6.54 Å². The van der Waals surface area contributed by atoms with Gasteiger partial charge in [0, 0.05) is 17.1 Å². The van der Waals surface area contributed by atoms with Gasteiger partial charge in [-0.3, -0.25) is 0 Å². The molecule has 0 amide bonds. The fourth-order valence-electron chi connectivity index (χ4n) is 1.08. The van der Waals surface area contributed by atoms with E-state index in [1.54, 1.807) is 0 Å². The third-order valence-electron chi connectivity index (χ3n) is 1.88. The second kappa shape index (κ2) is 4.03. The minimum Gasteiger partial charge on any atom is -0.329 e. The van der Waals surface area contributed by atoms with Crippen molar-refractivity contribution in [2.45, 2.75) is 13.0 Å². The average Bonchev–Trinajstić information content (AvgIpc) is 2.08. The molecule has 2 nitrogen and oxygen atoms in total. The van der Waals surface area contributed by atoms with Gasteiger partial charge in [-0.05, 0) is 18.1 Å². The predicted molar refractivity (Wildman–Crippen MR) is 54.9 cm³/mol. The van der Waals surface area contributed by atoms with Crippen molar-refractivity contribution in [3.8, 4) is 0 Å². The molecule has 0 spiro atoms. The van der Waals surface area contributed by atoms with Gasteiger partial charge in [-0.2, -0.15) is 0 Å². The maximum Gasteiger partial charge on any atom is 0.0430 e. The molecule has 0 fully saturated rings.